The number of piperidine rings is 1. The molecule has 0 unspecified atom stereocenters. The van der Waals surface area contributed by atoms with Crippen molar-refractivity contribution in [3.8, 4) is 11.3 Å². The van der Waals surface area contributed by atoms with Crippen molar-refractivity contribution in [2.24, 2.45) is 0 Å². The summed E-state index contributed by atoms with van der Waals surface area (Å²) in [6, 6.07) is 6.94. The molecular weight excluding hydrogens is 374 g/mol. The molecule has 0 saturated carbocycles. The van der Waals surface area contributed by atoms with Crippen molar-refractivity contribution >= 4 is 24.8 Å². The second-order valence-electron chi connectivity index (χ2n) is 5.85. The third-order valence-electron chi connectivity index (χ3n) is 4.08. The molecule has 1 N–H and O–H groups in total. The van der Waals surface area contributed by atoms with Crippen molar-refractivity contribution in [3.63, 3.8) is 0 Å². The first-order valence-electron chi connectivity index (χ1n) is 7.67. The molecule has 2 aromatic rings. The van der Waals surface area contributed by atoms with E-state index < -0.39 is 11.7 Å². The Morgan fingerprint density at radius 2 is 1.60 bits per heavy atom. The van der Waals surface area contributed by atoms with Crippen LogP contribution in [0.4, 0.5) is 13.2 Å². The van der Waals surface area contributed by atoms with Crippen LogP contribution in [0.25, 0.3) is 11.3 Å². The largest absolute Gasteiger partial charge is 0.416 e. The summed E-state index contributed by atoms with van der Waals surface area (Å²) < 4.78 is 38.0. The number of hydrogen-bond acceptors (Lipinski definition) is 3. The lowest BCUT2D eigenvalue weighted by Gasteiger charge is -2.22. The summed E-state index contributed by atoms with van der Waals surface area (Å²) in [5, 5.41) is 3.30. The number of hydrogen-bond donors (Lipinski definition) is 1. The smallest absolute Gasteiger partial charge is 0.317 e. The number of halogens is 5. The minimum atomic E-state index is -4.32. The molecule has 0 aliphatic carbocycles. The van der Waals surface area contributed by atoms with E-state index in [0.29, 0.717) is 17.2 Å². The van der Waals surface area contributed by atoms with Crippen LogP contribution >= 0.6 is 24.8 Å². The van der Waals surface area contributed by atoms with Gasteiger partial charge in [0.1, 0.15) is 5.82 Å². The topological polar surface area (TPSA) is 37.8 Å². The highest BCUT2D eigenvalue weighted by Gasteiger charge is 2.30. The van der Waals surface area contributed by atoms with E-state index in [-0.39, 0.29) is 24.8 Å². The Morgan fingerprint density at radius 1 is 1.00 bits per heavy atom. The maximum Gasteiger partial charge on any atom is 0.416 e. The van der Waals surface area contributed by atoms with Gasteiger partial charge in [-0.2, -0.15) is 13.2 Å². The molecule has 3 nitrogen and oxygen atoms in total. The van der Waals surface area contributed by atoms with Gasteiger partial charge in [0, 0.05) is 17.2 Å². The quantitative estimate of drug-likeness (QED) is 0.797. The van der Waals surface area contributed by atoms with Crippen molar-refractivity contribution in [1.29, 1.82) is 0 Å². The van der Waals surface area contributed by atoms with Crippen LogP contribution in [-0.4, -0.2) is 23.1 Å². The van der Waals surface area contributed by atoms with Gasteiger partial charge >= 0.3 is 6.18 Å². The zero-order valence-corrected chi connectivity index (χ0v) is 15.3. The minimum absolute atomic E-state index is 0. The van der Waals surface area contributed by atoms with Crippen molar-refractivity contribution < 1.29 is 13.2 Å². The van der Waals surface area contributed by atoms with E-state index in [4.69, 9.17) is 0 Å². The molecule has 1 aromatic carbocycles. The van der Waals surface area contributed by atoms with Gasteiger partial charge in [-0.3, -0.25) is 0 Å². The maximum absolute atomic E-state index is 12.7. The molecular formula is C17H20Cl2F3N3. The lowest BCUT2D eigenvalue weighted by atomic mass is 9.97. The minimum Gasteiger partial charge on any atom is -0.317 e. The summed E-state index contributed by atoms with van der Waals surface area (Å²) in [6.45, 7) is 3.77. The molecule has 1 aliphatic heterocycles. The zero-order chi connectivity index (χ0) is 16.4. The molecule has 1 aliphatic rings. The average Bonchev–Trinajstić information content (AvgIpc) is 2.54. The van der Waals surface area contributed by atoms with Crippen LogP contribution in [0.15, 0.2) is 30.3 Å². The molecule has 1 saturated heterocycles. The normalized spacial score (nSPS) is 15.2. The Balaban J connectivity index is 0.00000156. The molecule has 8 heteroatoms. The number of nitrogens with zero attached hydrogens (tertiary/aromatic N) is 2. The Bertz CT molecular complexity index is 685. The van der Waals surface area contributed by atoms with Gasteiger partial charge in [-0.25, -0.2) is 9.97 Å². The zero-order valence-electron chi connectivity index (χ0n) is 13.6. The van der Waals surface area contributed by atoms with Crippen molar-refractivity contribution in [3.05, 3.63) is 47.4 Å². The lowest BCUT2D eigenvalue weighted by Crippen LogP contribution is -2.27. The first-order valence-corrected chi connectivity index (χ1v) is 7.67. The molecule has 3 rings (SSSR count). The van der Waals surface area contributed by atoms with Gasteiger partial charge in [-0.15, -0.1) is 24.8 Å². The molecule has 0 amide bonds. The summed E-state index contributed by atoms with van der Waals surface area (Å²) in [5.74, 6) is 1.10. The van der Waals surface area contributed by atoms with Gasteiger partial charge in [0.25, 0.3) is 0 Å². The van der Waals surface area contributed by atoms with Crippen LogP contribution in [0.1, 0.15) is 35.8 Å². The first-order chi connectivity index (χ1) is 10.9. The van der Waals surface area contributed by atoms with Gasteiger partial charge in [-0.1, -0.05) is 12.1 Å². The van der Waals surface area contributed by atoms with Crippen LogP contribution in [0.3, 0.4) is 0 Å². The molecule has 1 aromatic heterocycles. The monoisotopic (exact) mass is 393 g/mol. The molecule has 0 bridgehead atoms. The standard InChI is InChI=1S/C17H18F3N3.2ClH/c1-11-10-15(12-2-4-14(5-3-12)17(18,19)20)23-16(22-11)13-6-8-21-9-7-13;;/h2-5,10,13,21H,6-9H2,1H3;2*1H. The highest BCUT2D eigenvalue weighted by atomic mass is 35.5. The van der Waals surface area contributed by atoms with E-state index in [1.165, 1.54) is 12.1 Å². The van der Waals surface area contributed by atoms with Crippen LogP contribution in [0.2, 0.25) is 0 Å². The van der Waals surface area contributed by atoms with Crippen molar-refractivity contribution in [2.75, 3.05) is 13.1 Å². The SMILES string of the molecule is Cc1cc(-c2ccc(C(F)(F)F)cc2)nc(C2CCNCC2)n1.Cl.Cl. The van der Waals surface area contributed by atoms with Crippen LogP contribution < -0.4 is 5.32 Å². The fourth-order valence-electron chi connectivity index (χ4n) is 2.83. The van der Waals surface area contributed by atoms with E-state index in [2.05, 4.69) is 15.3 Å². The molecule has 0 atom stereocenters. The Kier molecular flexibility index (Phi) is 7.65. The lowest BCUT2D eigenvalue weighted by molar-refractivity contribution is -0.137. The number of nitrogens with one attached hydrogen (secondary N) is 1. The Hall–Kier alpha value is -1.37. The van der Waals surface area contributed by atoms with Crippen molar-refractivity contribution in [2.45, 2.75) is 31.9 Å². The van der Waals surface area contributed by atoms with Crippen LogP contribution in [0.5, 0.6) is 0 Å². The molecule has 1 fully saturated rings. The highest BCUT2D eigenvalue weighted by Crippen LogP contribution is 2.31. The fraction of sp³-hybridized carbons (Fsp3) is 0.412. The molecule has 25 heavy (non-hydrogen) atoms. The Labute approximate surface area is 157 Å². The number of alkyl halides is 3. The summed E-state index contributed by atoms with van der Waals surface area (Å²) in [7, 11) is 0. The van der Waals surface area contributed by atoms with Crippen molar-refractivity contribution in [1.82, 2.24) is 15.3 Å². The number of aromatic nitrogens is 2. The summed E-state index contributed by atoms with van der Waals surface area (Å²) in [4.78, 5) is 9.12. The summed E-state index contributed by atoms with van der Waals surface area (Å²) >= 11 is 0. The predicted molar refractivity (Wildman–Crippen MR) is 96.5 cm³/mol. The second kappa shape index (κ2) is 8.83. The number of rotatable bonds is 2. The van der Waals surface area contributed by atoms with Gasteiger partial charge in [-0.05, 0) is 51.1 Å². The first kappa shape index (κ1) is 21.7. The highest BCUT2D eigenvalue weighted by molar-refractivity contribution is 5.85. The van der Waals surface area contributed by atoms with E-state index in [0.717, 1.165) is 49.6 Å². The van der Waals surface area contributed by atoms with E-state index >= 15 is 0 Å². The van der Waals surface area contributed by atoms with Gasteiger partial charge in [0.2, 0.25) is 0 Å². The van der Waals surface area contributed by atoms with E-state index in [1.54, 1.807) is 0 Å². The number of benzene rings is 1. The predicted octanol–water partition coefficient (Wildman–Crippen LogP) is 4.78. The van der Waals surface area contributed by atoms with Crippen LogP contribution in [0, 0.1) is 6.92 Å². The summed E-state index contributed by atoms with van der Waals surface area (Å²) in [6.07, 6.45) is -2.35. The van der Waals surface area contributed by atoms with Gasteiger partial charge in [0.05, 0.1) is 11.3 Å². The third kappa shape index (κ3) is 5.30. The average molecular weight is 394 g/mol. The second-order valence-corrected chi connectivity index (χ2v) is 5.85. The molecule has 2 heterocycles. The third-order valence-corrected chi connectivity index (χ3v) is 4.08. The molecule has 0 spiro atoms. The summed E-state index contributed by atoms with van der Waals surface area (Å²) in [5.41, 5.74) is 1.55. The number of aryl methyl sites for hydroxylation is 1. The van der Waals surface area contributed by atoms with Crippen LogP contribution in [-0.2, 0) is 6.18 Å². The van der Waals surface area contributed by atoms with Gasteiger partial charge < -0.3 is 5.32 Å². The molecule has 0 radical (unpaired) electrons. The van der Waals surface area contributed by atoms with E-state index in [1.807, 2.05) is 13.0 Å². The van der Waals surface area contributed by atoms with E-state index in [9.17, 15) is 13.2 Å². The molecule has 138 valence electrons. The van der Waals surface area contributed by atoms with Gasteiger partial charge in [0.15, 0.2) is 0 Å². The fourth-order valence-corrected chi connectivity index (χ4v) is 2.83. The Morgan fingerprint density at radius 3 is 2.16 bits per heavy atom. The maximum atomic E-state index is 12.7.